The van der Waals surface area contributed by atoms with E-state index in [0.717, 1.165) is 17.7 Å². The van der Waals surface area contributed by atoms with Crippen molar-refractivity contribution < 1.29 is 18.4 Å². The summed E-state index contributed by atoms with van der Waals surface area (Å²) in [5, 5.41) is 7.79. The van der Waals surface area contributed by atoms with Crippen molar-refractivity contribution in [1.82, 2.24) is 29.8 Å². The largest absolute Gasteiger partial charge is 0.337 e. The van der Waals surface area contributed by atoms with Gasteiger partial charge in [0, 0.05) is 25.7 Å². The van der Waals surface area contributed by atoms with E-state index in [2.05, 4.69) is 15.3 Å². The van der Waals surface area contributed by atoms with Crippen LogP contribution in [0.3, 0.4) is 0 Å². The Balaban J connectivity index is 1.49. The predicted octanol–water partition coefficient (Wildman–Crippen LogP) is 1.46. The lowest BCUT2D eigenvalue weighted by atomic mass is 10.2. The van der Waals surface area contributed by atoms with Crippen LogP contribution in [-0.2, 0) is 6.54 Å². The van der Waals surface area contributed by atoms with Crippen LogP contribution < -0.4 is 0 Å². The van der Waals surface area contributed by atoms with Crippen LogP contribution in [-0.4, -0.2) is 73.2 Å². The first-order chi connectivity index (χ1) is 13.4. The maximum absolute atomic E-state index is 14.0. The Morgan fingerprint density at radius 2 is 1.93 bits per heavy atom. The molecule has 10 heteroatoms. The lowest BCUT2D eigenvalue weighted by molar-refractivity contribution is 0.0116. The number of aromatic nitrogens is 4. The second-order valence-electron chi connectivity index (χ2n) is 7.19. The topological polar surface area (TPSA) is 84.2 Å². The van der Waals surface area contributed by atoms with E-state index < -0.39 is 30.8 Å². The van der Waals surface area contributed by atoms with Crippen LogP contribution in [0.15, 0.2) is 30.6 Å². The average Bonchev–Trinajstić information content (AvgIpc) is 3.42. The van der Waals surface area contributed by atoms with Crippen molar-refractivity contribution in [3.05, 3.63) is 42.0 Å². The lowest BCUT2D eigenvalue weighted by Gasteiger charge is -2.23. The summed E-state index contributed by atoms with van der Waals surface area (Å²) in [5.74, 6) is -3.73. The Morgan fingerprint density at radius 1 is 1.14 bits per heavy atom. The summed E-state index contributed by atoms with van der Waals surface area (Å²) >= 11 is 0. The van der Waals surface area contributed by atoms with Gasteiger partial charge in [-0.25, -0.2) is 13.5 Å². The van der Waals surface area contributed by atoms with Gasteiger partial charge in [0.25, 0.3) is 17.7 Å². The van der Waals surface area contributed by atoms with E-state index in [9.17, 15) is 18.4 Å². The Morgan fingerprint density at radius 3 is 2.64 bits per heavy atom. The fourth-order valence-corrected chi connectivity index (χ4v) is 3.72. The molecule has 0 bridgehead atoms. The second kappa shape index (κ2) is 7.25. The molecule has 4 rings (SSSR count). The molecule has 28 heavy (non-hydrogen) atoms. The van der Waals surface area contributed by atoms with Crippen molar-refractivity contribution in [1.29, 1.82) is 0 Å². The maximum atomic E-state index is 14.0. The molecule has 148 valence electrons. The first kappa shape index (κ1) is 18.5. The standard InChI is InChI=1S/C18H20F2N6O2/c19-18(20)9-13(26(12-18)17(28)14-5-1-2-6-21-14)10-25-11-15(22-23-25)16(27)24-7-3-4-8-24/h1-2,5-6,11,13H,3-4,7-10,12H2/t13-/m0/s1. The van der Waals surface area contributed by atoms with Gasteiger partial charge in [-0.05, 0) is 25.0 Å². The van der Waals surface area contributed by atoms with Crippen molar-refractivity contribution in [2.75, 3.05) is 19.6 Å². The van der Waals surface area contributed by atoms with Gasteiger partial charge in [-0.1, -0.05) is 11.3 Å². The van der Waals surface area contributed by atoms with Gasteiger partial charge in [0.2, 0.25) is 0 Å². The quantitative estimate of drug-likeness (QED) is 0.789. The van der Waals surface area contributed by atoms with Gasteiger partial charge in [0.05, 0.1) is 25.3 Å². The van der Waals surface area contributed by atoms with E-state index in [1.807, 2.05) is 0 Å². The maximum Gasteiger partial charge on any atom is 0.276 e. The van der Waals surface area contributed by atoms with Gasteiger partial charge in [0.1, 0.15) is 5.69 Å². The minimum Gasteiger partial charge on any atom is -0.337 e. The van der Waals surface area contributed by atoms with Crippen molar-refractivity contribution >= 4 is 11.8 Å². The molecule has 2 aliphatic heterocycles. The highest BCUT2D eigenvalue weighted by molar-refractivity contribution is 5.93. The van der Waals surface area contributed by atoms with Crippen molar-refractivity contribution in [2.24, 2.45) is 0 Å². The van der Waals surface area contributed by atoms with E-state index in [1.165, 1.54) is 23.1 Å². The van der Waals surface area contributed by atoms with Crippen LogP contribution in [0.25, 0.3) is 0 Å². The van der Waals surface area contributed by atoms with Crippen LogP contribution in [0.4, 0.5) is 8.78 Å². The number of halogens is 2. The summed E-state index contributed by atoms with van der Waals surface area (Å²) < 4.78 is 29.4. The number of carbonyl (C=O) groups is 2. The van der Waals surface area contributed by atoms with Gasteiger partial charge < -0.3 is 9.80 Å². The van der Waals surface area contributed by atoms with Crippen LogP contribution in [0.2, 0.25) is 0 Å². The highest BCUT2D eigenvalue weighted by Crippen LogP contribution is 2.33. The van der Waals surface area contributed by atoms with Crippen LogP contribution in [0.5, 0.6) is 0 Å². The minimum absolute atomic E-state index is 0.0362. The van der Waals surface area contributed by atoms with Gasteiger partial charge in [0.15, 0.2) is 5.69 Å². The molecular formula is C18H20F2N6O2. The molecule has 2 aliphatic rings. The fourth-order valence-electron chi connectivity index (χ4n) is 3.72. The zero-order valence-corrected chi connectivity index (χ0v) is 15.2. The Kier molecular flexibility index (Phi) is 4.78. The highest BCUT2D eigenvalue weighted by Gasteiger charge is 2.47. The number of carbonyl (C=O) groups excluding carboxylic acids is 2. The van der Waals surface area contributed by atoms with Crippen molar-refractivity contribution in [2.45, 2.75) is 37.8 Å². The Bertz CT molecular complexity index is 866. The van der Waals surface area contributed by atoms with Gasteiger partial charge in [-0.3, -0.25) is 14.6 Å². The van der Waals surface area contributed by atoms with Gasteiger partial charge >= 0.3 is 0 Å². The molecule has 0 radical (unpaired) electrons. The third kappa shape index (κ3) is 3.71. The van der Waals surface area contributed by atoms with Crippen molar-refractivity contribution in [3.63, 3.8) is 0 Å². The molecule has 2 aromatic rings. The van der Waals surface area contributed by atoms with Crippen molar-refractivity contribution in [3.8, 4) is 0 Å². The summed E-state index contributed by atoms with van der Waals surface area (Å²) in [5.41, 5.74) is 0.308. The average molecular weight is 390 g/mol. The third-order valence-corrected chi connectivity index (χ3v) is 5.07. The molecule has 0 spiro atoms. The third-order valence-electron chi connectivity index (χ3n) is 5.07. The highest BCUT2D eigenvalue weighted by atomic mass is 19.3. The molecule has 4 heterocycles. The van der Waals surface area contributed by atoms with E-state index in [1.54, 1.807) is 17.0 Å². The molecule has 0 aliphatic carbocycles. The number of alkyl halides is 2. The van der Waals surface area contributed by atoms with E-state index in [0.29, 0.717) is 13.1 Å². The first-order valence-corrected chi connectivity index (χ1v) is 9.22. The number of amides is 2. The number of rotatable bonds is 4. The Labute approximate surface area is 160 Å². The summed E-state index contributed by atoms with van der Waals surface area (Å²) in [6.07, 6.45) is 4.36. The first-order valence-electron chi connectivity index (χ1n) is 9.22. The zero-order valence-electron chi connectivity index (χ0n) is 15.2. The van der Waals surface area contributed by atoms with Gasteiger partial charge in [-0.2, -0.15) is 0 Å². The molecule has 8 nitrogen and oxygen atoms in total. The molecule has 2 aromatic heterocycles. The Hall–Kier alpha value is -2.91. The normalized spacial score (nSPS) is 21.3. The van der Waals surface area contributed by atoms with Crippen LogP contribution in [0, 0.1) is 0 Å². The fraction of sp³-hybridized carbons (Fsp3) is 0.500. The van der Waals surface area contributed by atoms with E-state index in [4.69, 9.17) is 0 Å². The molecule has 0 aromatic carbocycles. The minimum atomic E-state index is -2.98. The summed E-state index contributed by atoms with van der Waals surface area (Å²) in [6, 6.07) is 4.03. The molecule has 2 fully saturated rings. The molecule has 0 saturated carbocycles. The number of nitrogens with zero attached hydrogens (tertiary/aromatic N) is 6. The number of pyridine rings is 1. The molecule has 2 amide bonds. The number of hydrogen-bond donors (Lipinski definition) is 0. The molecule has 0 N–H and O–H groups in total. The van der Waals surface area contributed by atoms with Crippen LogP contribution in [0.1, 0.15) is 40.2 Å². The molecular weight excluding hydrogens is 370 g/mol. The monoisotopic (exact) mass is 390 g/mol. The number of hydrogen-bond acceptors (Lipinski definition) is 5. The number of likely N-dealkylation sites (tertiary alicyclic amines) is 2. The van der Waals surface area contributed by atoms with E-state index in [-0.39, 0.29) is 23.8 Å². The molecule has 0 unspecified atom stereocenters. The predicted molar refractivity (Wildman–Crippen MR) is 93.8 cm³/mol. The van der Waals surface area contributed by atoms with Crippen LogP contribution >= 0.6 is 0 Å². The molecule has 2 saturated heterocycles. The zero-order chi connectivity index (χ0) is 19.7. The molecule has 1 atom stereocenters. The summed E-state index contributed by atoms with van der Waals surface area (Å²) in [4.78, 5) is 31.8. The van der Waals surface area contributed by atoms with E-state index >= 15 is 0 Å². The summed E-state index contributed by atoms with van der Waals surface area (Å²) in [6.45, 7) is 0.746. The second-order valence-corrected chi connectivity index (χ2v) is 7.19. The summed E-state index contributed by atoms with van der Waals surface area (Å²) in [7, 11) is 0. The SMILES string of the molecule is O=C(c1cn(C[C@@H]2CC(F)(F)CN2C(=O)c2ccccn2)nn1)N1CCCC1. The lowest BCUT2D eigenvalue weighted by Crippen LogP contribution is -2.39. The van der Waals surface area contributed by atoms with Gasteiger partial charge in [-0.15, -0.1) is 5.10 Å². The smallest absolute Gasteiger partial charge is 0.276 e.